The van der Waals surface area contributed by atoms with Crippen molar-refractivity contribution >= 4 is 0 Å². The van der Waals surface area contributed by atoms with Gasteiger partial charge in [-0.3, -0.25) is 0 Å². The first kappa shape index (κ1) is 38.5. The number of hydrogen-bond acceptors (Lipinski definition) is 2. The van der Waals surface area contributed by atoms with E-state index in [0.717, 1.165) is 41.7 Å². The molecule has 0 aromatic rings. The van der Waals surface area contributed by atoms with E-state index in [9.17, 15) is 0 Å². The predicted molar refractivity (Wildman–Crippen MR) is 245 cm³/mol. The molecule has 9 atom stereocenters. The van der Waals surface area contributed by atoms with E-state index >= 15 is 0 Å². The molecule has 9 unspecified atom stereocenters. The van der Waals surface area contributed by atoms with Crippen LogP contribution < -0.4 is 0 Å². The standard InChI is InChI=1S/C57H80N2/c1-4-18-41(19-5-1)58(42-20-6-2-7-21-42)45-35-36-48-47-25-12-14-27-51(47)57(54(48)38-45)52-28-15-13-26-49(52)56-53(57)29-16-30-55(56)59(43-22-8-3-9-23-43)44-34-33-40-32-31-39-17-10-11-24-46(39)50(40)37-44/h11,18,22,24,30,39,42,44-47,51,53,56H,1-10,12-17,19-21,23,25-29,31-38H2. The third-order valence-electron chi connectivity index (χ3n) is 20.0. The Bertz CT molecular complexity index is 1850. The molecule has 2 saturated carbocycles. The molecule has 0 radical (unpaired) electrons. The number of nitrogens with zero attached hydrogens (tertiary/aromatic N) is 2. The molecule has 1 spiro atoms. The molecule has 318 valence electrons. The second kappa shape index (κ2) is 16.2. The smallest absolute Gasteiger partial charge is 0.0376 e. The minimum absolute atomic E-state index is 0.372. The quantitative estimate of drug-likeness (QED) is 0.247. The summed E-state index contributed by atoms with van der Waals surface area (Å²) in [5.41, 5.74) is 17.9. The van der Waals surface area contributed by atoms with Crippen LogP contribution in [0.3, 0.4) is 0 Å². The van der Waals surface area contributed by atoms with Crippen molar-refractivity contribution in [2.45, 2.75) is 230 Å². The Hall–Kier alpha value is -2.22. The molecule has 0 saturated heterocycles. The first-order chi connectivity index (χ1) is 29.3. The van der Waals surface area contributed by atoms with Crippen LogP contribution in [0.4, 0.5) is 0 Å². The molecule has 59 heavy (non-hydrogen) atoms. The van der Waals surface area contributed by atoms with E-state index in [1.54, 1.807) is 11.4 Å². The Morgan fingerprint density at radius 3 is 2.12 bits per heavy atom. The van der Waals surface area contributed by atoms with E-state index in [2.05, 4.69) is 56.9 Å². The van der Waals surface area contributed by atoms with E-state index in [-0.39, 0.29) is 0 Å². The summed E-state index contributed by atoms with van der Waals surface area (Å²) < 4.78 is 0. The van der Waals surface area contributed by atoms with Crippen LogP contribution >= 0.6 is 0 Å². The largest absolute Gasteiger partial charge is 0.369 e. The van der Waals surface area contributed by atoms with Crippen molar-refractivity contribution in [3.8, 4) is 0 Å². The van der Waals surface area contributed by atoms with Crippen molar-refractivity contribution in [1.82, 2.24) is 9.80 Å². The fourth-order valence-corrected chi connectivity index (χ4v) is 18.0. The predicted octanol–water partition coefficient (Wildman–Crippen LogP) is 15.5. The molecular weight excluding hydrogens is 713 g/mol. The van der Waals surface area contributed by atoms with Crippen molar-refractivity contribution in [1.29, 1.82) is 0 Å². The SMILES string of the molecule is C1=CC2C3=C(CCC2CC1)CCC(N(C1=CCCCC1)C1=CCCC2C1C1=C(CCCC1)C21C2=C(CCC(N(C4=CCCCC4)C4CCCCC4)C2)C2CCCCC21)C3. The highest BCUT2D eigenvalue weighted by molar-refractivity contribution is 5.54. The van der Waals surface area contributed by atoms with Gasteiger partial charge in [-0.2, -0.15) is 0 Å². The molecule has 0 N–H and O–H groups in total. The van der Waals surface area contributed by atoms with Crippen molar-refractivity contribution in [2.24, 2.45) is 40.9 Å². The molecule has 12 aliphatic rings. The number of hydrogen-bond donors (Lipinski definition) is 0. The van der Waals surface area contributed by atoms with Crippen molar-refractivity contribution in [2.75, 3.05) is 0 Å². The normalized spacial score (nSPS) is 39.7. The maximum absolute atomic E-state index is 3.19. The van der Waals surface area contributed by atoms with Gasteiger partial charge in [-0.05, 0) is 203 Å². The third kappa shape index (κ3) is 6.32. The summed E-state index contributed by atoms with van der Waals surface area (Å²) in [5, 5.41) is 0. The highest BCUT2D eigenvalue weighted by Gasteiger charge is 2.66. The average Bonchev–Trinajstić information content (AvgIpc) is 3.78. The lowest BCUT2D eigenvalue weighted by Crippen LogP contribution is -2.48. The molecule has 0 heterocycles. The summed E-state index contributed by atoms with van der Waals surface area (Å²) in [4.78, 5) is 6.37. The Morgan fingerprint density at radius 2 is 1.25 bits per heavy atom. The van der Waals surface area contributed by atoms with Crippen molar-refractivity contribution < 1.29 is 0 Å². The molecule has 2 nitrogen and oxygen atoms in total. The molecule has 2 fully saturated rings. The van der Waals surface area contributed by atoms with Gasteiger partial charge >= 0.3 is 0 Å². The van der Waals surface area contributed by atoms with Crippen molar-refractivity contribution in [3.05, 3.63) is 80.9 Å². The topological polar surface area (TPSA) is 6.48 Å². The van der Waals surface area contributed by atoms with E-state index in [0.29, 0.717) is 17.4 Å². The first-order valence-corrected chi connectivity index (χ1v) is 26.8. The average molecular weight is 793 g/mol. The summed E-state index contributed by atoms with van der Waals surface area (Å²) >= 11 is 0. The molecule has 12 aliphatic carbocycles. The number of fused-ring (bicyclic) bond motifs is 10. The third-order valence-corrected chi connectivity index (χ3v) is 20.0. The highest BCUT2D eigenvalue weighted by atomic mass is 15.2. The van der Waals surface area contributed by atoms with Crippen LogP contribution in [0, 0.1) is 40.9 Å². The second-order valence-corrected chi connectivity index (χ2v) is 22.6. The fourth-order valence-electron chi connectivity index (χ4n) is 18.0. The van der Waals surface area contributed by atoms with Crippen molar-refractivity contribution in [3.63, 3.8) is 0 Å². The lowest BCUT2D eigenvalue weighted by atomic mass is 9.55. The Morgan fingerprint density at radius 1 is 0.475 bits per heavy atom. The van der Waals surface area contributed by atoms with Gasteiger partial charge in [-0.15, -0.1) is 0 Å². The molecule has 0 aromatic carbocycles. The first-order valence-electron chi connectivity index (χ1n) is 26.8. The zero-order chi connectivity index (χ0) is 38.9. The van der Waals surface area contributed by atoms with E-state index in [4.69, 9.17) is 0 Å². The van der Waals surface area contributed by atoms with E-state index < -0.39 is 0 Å². The van der Waals surface area contributed by atoms with Gasteiger partial charge in [0.05, 0.1) is 0 Å². The molecule has 0 amide bonds. The zero-order valence-corrected chi connectivity index (χ0v) is 37.3. The second-order valence-electron chi connectivity index (χ2n) is 22.6. The van der Waals surface area contributed by atoms with Crippen LogP contribution in [0.2, 0.25) is 0 Å². The van der Waals surface area contributed by atoms with Gasteiger partial charge in [-0.25, -0.2) is 0 Å². The highest BCUT2D eigenvalue weighted by Crippen LogP contribution is 2.74. The molecule has 2 heteroatoms. The van der Waals surface area contributed by atoms with Gasteiger partial charge in [0.15, 0.2) is 0 Å². The molecule has 0 bridgehead atoms. The lowest BCUT2D eigenvalue weighted by Gasteiger charge is -2.52. The zero-order valence-electron chi connectivity index (χ0n) is 37.3. The number of rotatable bonds is 6. The van der Waals surface area contributed by atoms with Crippen LogP contribution in [0.1, 0.15) is 212 Å². The van der Waals surface area contributed by atoms with Crippen LogP contribution in [-0.4, -0.2) is 27.9 Å². The fraction of sp³-hybridized carbons (Fsp3) is 0.754. The summed E-state index contributed by atoms with van der Waals surface area (Å²) in [5.74, 6) is 4.94. The Balaban J connectivity index is 0.947. The van der Waals surface area contributed by atoms with Gasteiger partial charge in [-0.1, -0.05) is 95.9 Å². The van der Waals surface area contributed by atoms with Gasteiger partial charge in [0.25, 0.3) is 0 Å². The van der Waals surface area contributed by atoms with Gasteiger partial charge in [0.2, 0.25) is 0 Å². The maximum Gasteiger partial charge on any atom is 0.0376 e. The van der Waals surface area contributed by atoms with Crippen LogP contribution in [-0.2, 0) is 0 Å². The summed E-state index contributed by atoms with van der Waals surface area (Å²) in [6.45, 7) is 0. The monoisotopic (exact) mass is 793 g/mol. The molecule has 12 rings (SSSR count). The number of allylic oxidation sites excluding steroid dienone is 11. The molecule has 0 aromatic heterocycles. The van der Waals surface area contributed by atoms with E-state index in [1.807, 2.05) is 22.4 Å². The minimum atomic E-state index is 0.372. The summed E-state index contributed by atoms with van der Waals surface area (Å²) in [7, 11) is 0. The van der Waals surface area contributed by atoms with Gasteiger partial charge < -0.3 is 9.80 Å². The lowest BCUT2D eigenvalue weighted by molar-refractivity contribution is 0.0791. The summed E-state index contributed by atoms with van der Waals surface area (Å²) in [6, 6.07) is 2.20. The summed E-state index contributed by atoms with van der Waals surface area (Å²) in [6.07, 6.45) is 60.4. The minimum Gasteiger partial charge on any atom is -0.369 e. The van der Waals surface area contributed by atoms with Crippen LogP contribution in [0.25, 0.3) is 0 Å². The molecular formula is C57H80N2. The van der Waals surface area contributed by atoms with Crippen LogP contribution in [0.15, 0.2) is 80.9 Å². The van der Waals surface area contributed by atoms with Gasteiger partial charge in [0.1, 0.15) is 0 Å². The Labute approximate surface area is 360 Å². The molecule has 0 aliphatic heterocycles. The van der Waals surface area contributed by atoms with Crippen LogP contribution in [0.5, 0.6) is 0 Å². The maximum atomic E-state index is 3.19. The Kier molecular flexibility index (Phi) is 10.5. The van der Waals surface area contributed by atoms with E-state index in [1.165, 1.54) is 212 Å². The van der Waals surface area contributed by atoms with Gasteiger partial charge in [0, 0.05) is 52.5 Å².